The van der Waals surface area contributed by atoms with Gasteiger partial charge >= 0.3 is 0 Å². The molecule has 0 radical (unpaired) electrons. The molecule has 0 bridgehead atoms. The molecule has 1 saturated heterocycles. The van der Waals surface area contributed by atoms with E-state index in [4.69, 9.17) is 18.9 Å². The minimum absolute atomic E-state index is 0.221. The van der Waals surface area contributed by atoms with E-state index in [1.54, 1.807) is 0 Å². The third-order valence-corrected chi connectivity index (χ3v) is 7.64. The highest BCUT2D eigenvalue weighted by atomic mass is 32.1. The minimum atomic E-state index is 0.221. The quantitative estimate of drug-likeness (QED) is 0.554. The second-order valence-electron chi connectivity index (χ2n) is 10.2. The molecule has 0 amide bonds. The van der Waals surface area contributed by atoms with Crippen LogP contribution in [0.2, 0.25) is 0 Å². The lowest BCUT2D eigenvalue weighted by atomic mass is 9.75. The Hall–Kier alpha value is -2.03. The molecule has 1 aromatic heterocycles. The van der Waals surface area contributed by atoms with Crippen LogP contribution in [0.3, 0.4) is 0 Å². The molecule has 7 heteroatoms. The summed E-state index contributed by atoms with van der Waals surface area (Å²) >= 11 is 1.86. The molecule has 196 valence electrons. The number of fused-ring (bicyclic) bond motifs is 1. The van der Waals surface area contributed by atoms with Gasteiger partial charge in [-0.2, -0.15) is 4.57 Å². The summed E-state index contributed by atoms with van der Waals surface area (Å²) in [4.78, 5) is 2.29. The fourth-order valence-corrected chi connectivity index (χ4v) is 5.83. The number of hydrogen-bond donors (Lipinski definition) is 0. The maximum Gasteiger partial charge on any atom is 0.262 e. The van der Waals surface area contributed by atoms with Gasteiger partial charge in [-0.05, 0) is 47.7 Å². The summed E-state index contributed by atoms with van der Waals surface area (Å²) in [5.41, 5.74) is 4.25. The molecule has 0 N–H and O–H groups in total. The van der Waals surface area contributed by atoms with Crippen molar-refractivity contribution in [2.75, 3.05) is 65.9 Å². The van der Waals surface area contributed by atoms with Gasteiger partial charge in [0.2, 0.25) is 5.52 Å². The first-order valence-corrected chi connectivity index (χ1v) is 13.8. The number of nitrogens with zero attached hydrogens (tertiary/aromatic N) is 2. The maximum absolute atomic E-state index is 5.78. The number of hydrogen-bond acceptors (Lipinski definition) is 6. The topological polar surface area (TPSA) is 44.0 Å². The smallest absolute Gasteiger partial charge is 0.262 e. The van der Waals surface area contributed by atoms with E-state index in [9.17, 15) is 0 Å². The average Bonchev–Trinajstić information content (AvgIpc) is 3.15. The predicted octanol–water partition coefficient (Wildman–Crippen LogP) is 4.75. The van der Waals surface area contributed by atoms with Gasteiger partial charge in [-0.3, -0.25) is 0 Å². The predicted molar refractivity (Wildman–Crippen MR) is 146 cm³/mol. The highest BCUT2D eigenvalue weighted by molar-refractivity contribution is 7.18. The van der Waals surface area contributed by atoms with Crippen LogP contribution in [0, 0.1) is 5.41 Å². The molecular weight excluding hydrogens is 472 g/mol. The number of ether oxygens (including phenoxy) is 4. The van der Waals surface area contributed by atoms with Gasteiger partial charge in [0.25, 0.3) is 5.01 Å². The van der Waals surface area contributed by atoms with Crippen molar-refractivity contribution in [3.8, 4) is 0 Å². The zero-order chi connectivity index (χ0) is 25.2. The van der Waals surface area contributed by atoms with E-state index in [1.165, 1.54) is 26.4 Å². The first-order valence-electron chi connectivity index (χ1n) is 13.0. The van der Waals surface area contributed by atoms with Gasteiger partial charge in [0.15, 0.2) is 0 Å². The van der Waals surface area contributed by atoms with Gasteiger partial charge in [-0.15, -0.1) is 0 Å². The molecule has 4 rings (SSSR count). The lowest BCUT2D eigenvalue weighted by Crippen LogP contribution is -2.29. The van der Waals surface area contributed by atoms with E-state index in [1.807, 2.05) is 11.3 Å². The van der Waals surface area contributed by atoms with Gasteiger partial charge in [-0.1, -0.05) is 43.4 Å². The number of rotatable bonds is 3. The molecule has 1 aliphatic carbocycles. The monoisotopic (exact) mass is 513 g/mol. The van der Waals surface area contributed by atoms with E-state index in [0.29, 0.717) is 52.9 Å². The van der Waals surface area contributed by atoms with Crippen molar-refractivity contribution in [1.82, 2.24) is 4.90 Å². The molecule has 1 fully saturated rings. The van der Waals surface area contributed by atoms with Crippen LogP contribution in [-0.2, 0) is 26.0 Å². The molecule has 1 aromatic carbocycles. The molecule has 0 saturated carbocycles. The third-order valence-electron chi connectivity index (χ3n) is 6.48. The van der Waals surface area contributed by atoms with Gasteiger partial charge in [0, 0.05) is 25.2 Å². The Bertz CT molecular complexity index is 1060. The number of para-hydroxylation sites is 1. The summed E-state index contributed by atoms with van der Waals surface area (Å²) in [5.74, 6) is 0. The molecular formula is C29H41N2O4S+. The lowest BCUT2D eigenvalue weighted by Gasteiger charge is -2.30. The zero-order valence-corrected chi connectivity index (χ0v) is 22.9. The molecule has 6 nitrogen and oxygen atoms in total. The van der Waals surface area contributed by atoms with Crippen molar-refractivity contribution >= 4 is 27.6 Å². The first-order chi connectivity index (χ1) is 17.5. The summed E-state index contributed by atoms with van der Waals surface area (Å²) in [6.07, 6.45) is 11.4. The van der Waals surface area contributed by atoms with Crippen LogP contribution < -0.4 is 4.57 Å². The fraction of sp³-hybridized carbons (Fsp3) is 0.552. The Kier molecular flexibility index (Phi) is 10.1. The lowest BCUT2D eigenvalue weighted by molar-refractivity contribution is -0.642. The molecule has 0 unspecified atom stereocenters. The molecule has 2 aromatic rings. The Morgan fingerprint density at radius 3 is 2.11 bits per heavy atom. The number of thiazole rings is 1. The molecule has 1 aliphatic heterocycles. The summed E-state index contributed by atoms with van der Waals surface area (Å²) in [5, 5.41) is 1.29. The fourth-order valence-electron chi connectivity index (χ4n) is 4.70. The van der Waals surface area contributed by atoms with Crippen molar-refractivity contribution in [1.29, 1.82) is 0 Å². The third kappa shape index (κ3) is 8.25. The van der Waals surface area contributed by atoms with Gasteiger partial charge in [0.05, 0.1) is 52.9 Å². The standard InChI is InChI=1S/C29H41N2O4S/c1-29(2)22-24(20-25(23-29)21-28-30(3)26-6-4-5-7-27(26)36-28)8-9-31-10-12-32-14-16-34-18-19-35-17-15-33-13-11-31/h4-9,20-21H,10-19,22-23H2,1-3H3/q+1. The summed E-state index contributed by atoms with van der Waals surface area (Å²) in [7, 11) is 2.16. The summed E-state index contributed by atoms with van der Waals surface area (Å²) < 4.78 is 26.2. The molecule has 36 heavy (non-hydrogen) atoms. The number of benzene rings is 1. The van der Waals surface area contributed by atoms with Crippen molar-refractivity contribution in [2.24, 2.45) is 12.5 Å². The van der Waals surface area contributed by atoms with Crippen LogP contribution in [0.15, 0.2) is 53.8 Å². The van der Waals surface area contributed by atoms with Crippen molar-refractivity contribution in [3.05, 3.63) is 58.8 Å². The number of aromatic nitrogens is 1. The molecule has 0 atom stereocenters. The van der Waals surface area contributed by atoms with Crippen LogP contribution in [-0.4, -0.2) is 70.8 Å². The van der Waals surface area contributed by atoms with E-state index >= 15 is 0 Å². The molecule has 2 aliphatic rings. The van der Waals surface area contributed by atoms with Crippen LogP contribution in [0.25, 0.3) is 16.3 Å². The largest absolute Gasteiger partial charge is 0.377 e. The highest BCUT2D eigenvalue weighted by Crippen LogP contribution is 2.39. The normalized spacial score (nSPS) is 22.5. The first kappa shape index (κ1) is 27.0. The van der Waals surface area contributed by atoms with Gasteiger partial charge in [-0.25, -0.2) is 0 Å². The Labute approximate surface area is 219 Å². The van der Waals surface area contributed by atoms with Crippen LogP contribution in [0.5, 0.6) is 0 Å². The van der Waals surface area contributed by atoms with Gasteiger partial charge < -0.3 is 23.8 Å². The minimum Gasteiger partial charge on any atom is -0.377 e. The maximum atomic E-state index is 5.78. The highest BCUT2D eigenvalue weighted by Gasteiger charge is 2.26. The summed E-state index contributed by atoms with van der Waals surface area (Å²) in [6, 6.07) is 8.62. The number of aryl methyl sites for hydroxylation is 1. The second kappa shape index (κ2) is 13.5. The molecule has 2 heterocycles. The Morgan fingerprint density at radius 2 is 1.47 bits per heavy atom. The van der Waals surface area contributed by atoms with E-state index < -0.39 is 0 Å². The van der Waals surface area contributed by atoms with E-state index in [2.05, 4.69) is 79.1 Å². The average molecular weight is 514 g/mol. The molecule has 0 spiro atoms. The number of allylic oxidation sites excluding steroid dienone is 4. The van der Waals surface area contributed by atoms with Crippen molar-refractivity contribution in [2.45, 2.75) is 26.7 Å². The van der Waals surface area contributed by atoms with Crippen LogP contribution in [0.1, 0.15) is 31.7 Å². The Balaban J connectivity index is 1.46. The van der Waals surface area contributed by atoms with E-state index in [-0.39, 0.29) is 5.41 Å². The SMILES string of the molecule is C[n+]1c(/C=C2C=C(/C=C/N3CCOCCOCCOCCOCC3)CC(C)(C)C/2)sc2ccccc21. The van der Waals surface area contributed by atoms with Gasteiger partial charge in [0.1, 0.15) is 11.7 Å². The zero-order valence-electron chi connectivity index (χ0n) is 22.0. The second-order valence-corrected chi connectivity index (χ2v) is 11.3. The van der Waals surface area contributed by atoms with Crippen molar-refractivity contribution < 1.29 is 23.5 Å². The van der Waals surface area contributed by atoms with Crippen LogP contribution in [0.4, 0.5) is 0 Å². The van der Waals surface area contributed by atoms with E-state index in [0.717, 1.165) is 25.9 Å². The van der Waals surface area contributed by atoms with Crippen LogP contribution >= 0.6 is 11.3 Å². The van der Waals surface area contributed by atoms with Crippen molar-refractivity contribution in [3.63, 3.8) is 0 Å². The summed E-state index contributed by atoms with van der Waals surface area (Å²) in [6.45, 7) is 11.3. The Morgan fingerprint density at radius 1 is 0.861 bits per heavy atom.